The first-order chi connectivity index (χ1) is 6.52. The van der Waals surface area contributed by atoms with Gasteiger partial charge in [0.1, 0.15) is 10.9 Å². The Morgan fingerprint density at radius 3 is 3.00 bits per heavy atom. The highest BCUT2D eigenvalue weighted by atomic mass is 32.2. The number of hydrogen-bond acceptors (Lipinski definition) is 4. The van der Waals surface area contributed by atoms with Gasteiger partial charge in [-0.2, -0.15) is 8.42 Å². The van der Waals surface area contributed by atoms with Crippen molar-refractivity contribution in [2.24, 2.45) is 0 Å². The van der Waals surface area contributed by atoms with Crippen molar-refractivity contribution < 1.29 is 17.3 Å². The SMILES string of the molecule is C[C@@H]1C[C@]23C=C[C@H](C[C@H]2S(=O)(=O)O1)O3. The fourth-order valence-corrected chi connectivity index (χ4v) is 4.54. The fourth-order valence-electron chi connectivity index (χ4n) is 2.74. The number of rotatable bonds is 0. The third-order valence-corrected chi connectivity index (χ3v) is 5.09. The molecule has 2 bridgehead atoms. The van der Waals surface area contributed by atoms with Gasteiger partial charge in [0.05, 0.1) is 12.2 Å². The summed E-state index contributed by atoms with van der Waals surface area (Å²) in [5.74, 6) is 0. The first-order valence-electron chi connectivity index (χ1n) is 4.81. The van der Waals surface area contributed by atoms with Crippen molar-refractivity contribution in [3.05, 3.63) is 12.2 Å². The first-order valence-corrected chi connectivity index (χ1v) is 6.28. The van der Waals surface area contributed by atoms with Crippen LogP contribution in [-0.2, 0) is 19.0 Å². The molecule has 78 valence electrons. The van der Waals surface area contributed by atoms with Crippen LogP contribution in [0.2, 0.25) is 0 Å². The molecule has 0 N–H and O–H groups in total. The number of hydrogen-bond donors (Lipinski definition) is 0. The van der Waals surface area contributed by atoms with E-state index in [4.69, 9.17) is 8.92 Å². The maximum Gasteiger partial charge on any atom is 0.273 e. The number of fused-ring (bicyclic) bond motifs is 1. The molecule has 0 aromatic carbocycles. The van der Waals surface area contributed by atoms with E-state index in [0.29, 0.717) is 12.8 Å². The fraction of sp³-hybridized carbons (Fsp3) is 0.778. The molecule has 0 aromatic rings. The van der Waals surface area contributed by atoms with Crippen LogP contribution in [-0.4, -0.2) is 31.5 Å². The molecule has 0 aliphatic carbocycles. The van der Waals surface area contributed by atoms with Gasteiger partial charge in [-0.25, -0.2) is 0 Å². The third kappa shape index (κ3) is 0.975. The van der Waals surface area contributed by atoms with Crippen LogP contribution in [0.15, 0.2) is 12.2 Å². The lowest BCUT2D eigenvalue weighted by molar-refractivity contribution is -0.00830. The van der Waals surface area contributed by atoms with E-state index in [1.54, 1.807) is 6.92 Å². The van der Waals surface area contributed by atoms with Crippen molar-refractivity contribution in [3.8, 4) is 0 Å². The van der Waals surface area contributed by atoms with Crippen LogP contribution in [0.4, 0.5) is 0 Å². The quantitative estimate of drug-likeness (QED) is 0.439. The Kier molecular flexibility index (Phi) is 1.52. The summed E-state index contributed by atoms with van der Waals surface area (Å²) in [4.78, 5) is 0. The summed E-state index contributed by atoms with van der Waals surface area (Å²) < 4.78 is 34.1. The predicted molar refractivity (Wildman–Crippen MR) is 49.2 cm³/mol. The monoisotopic (exact) mass is 216 g/mol. The van der Waals surface area contributed by atoms with Crippen LogP contribution in [0.1, 0.15) is 19.8 Å². The first kappa shape index (κ1) is 8.88. The lowest BCUT2D eigenvalue weighted by atomic mass is 9.89. The highest BCUT2D eigenvalue weighted by molar-refractivity contribution is 7.87. The second-order valence-corrected chi connectivity index (χ2v) is 6.05. The Hall–Kier alpha value is -0.390. The van der Waals surface area contributed by atoms with Gasteiger partial charge in [0, 0.05) is 6.42 Å². The molecule has 5 heteroatoms. The van der Waals surface area contributed by atoms with Gasteiger partial charge >= 0.3 is 0 Å². The Balaban J connectivity index is 2.10. The normalized spacial score (nSPS) is 53.4. The van der Waals surface area contributed by atoms with Crippen LogP contribution >= 0.6 is 0 Å². The van der Waals surface area contributed by atoms with Gasteiger partial charge in [-0.3, -0.25) is 4.18 Å². The highest BCUT2D eigenvalue weighted by Gasteiger charge is 2.59. The predicted octanol–water partition coefficient (Wildman–Crippen LogP) is 0.591. The van der Waals surface area contributed by atoms with Crippen molar-refractivity contribution in [2.75, 3.05) is 0 Å². The van der Waals surface area contributed by atoms with Crippen molar-refractivity contribution >= 4 is 10.1 Å². The smallest absolute Gasteiger partial charge is 0.273 e. The zero-order valence-corrected chi connectivity index (χ0v) is 8.66. The summed E-state index contributed by atoms with van der Waals surface area (Å²) >= 11 is 0. The van der Waals surface area contributed by atoms with Gasteiger partial charge < -0.3 is 4.74 Å². The van der Waals surface area contributed by atoms with E-state index < -0.39 is 21.0 Å². The molecule has 1 spiro atoms. The van der Waals surface area contributed by atoms with Gasteiger partial charge in [0.25, 0.3) is 10.1 Å². The van der Waals surface area contributed by atoms with Crippen LogP contribution in [0.3, 0.4) is 0 Å². The molecule has 3 aliphatic heterocycles. The minimum atomic E-state index is -3.43. The lowest BCUT2D eigenvalue weighted by Gasteiger charge is -2.36. The zero-order chi connectivity index (χ0) is 9.97. The van der Waals surface area contributed by atoms with Crippen LogP contribution in [0.25, 0.3) is 0 Å². The van der Waals surface area contributed by atoms with Gasteiger partial charge in [-0.15, -0.1) is 0 Å². The van der Waals surface area contributed by atoms with E-state index in [1.165, 1.54) is 0 Å². The Labute approximate surface area is 83.0 Å². The standard InChI is InChI=1S/C9H12O4S/c1-6-5-9-3-2-7(12-9)4-8(9)14(10,11)13-6/h2-3,6-8H,4-5H2,1H3/t6-,7-,8-,9-/m1/s1. The van der Waals surface area contributed by atoms with Crippen LogP contribution < -0.4 is 0 Å². The van der Waals surface area contributed by atoms with Gasteiger partial charge in [-0.1, -0.05) is 12.2 Å². The molecule has 2 fully saturated rings. The largest absolute Gasteiger partial charge is 0.362 e. The van der Waals surface area contributed by atoms with E-state index in [0.717, 1.165) is 0 Å². The summed E-state index contributed by atoms with van der Waals surface area (Å²) in [7, 11) is -3.43. The molecule has 3 rings (SSSR count). The molecule has 0 unspecified atom stereocenters. The molecular formula is C9H12O4S. The average molecular weight is 216 g/mol. The lowest BCUT2D eigenvalue weighted by Crippen LogP contribution is -2.50. The van der Waals surface area contributed by atoms with E-state index in [9.17, 15) is 8.42 Å². The molecule has 3 heterocycles. The minimum Gasteiger partial charge on any atom is -0.362 e. The van der Waals surface area contributed by atoms with E-state index >= 15 is 0 Å². The molecular weight excluding hydrogens is 204 g/mol. The molecule has 0 amide bonds. The molecule has 2 saturated heterocycles. The summed E-state index contributed by atoms with van der Waals surface area (Å²) in [6.07, 6.45) is 4.75. The highest BCUT2D eigenvalue weighted by Crippen LogP contribution is 2.48. The molecule has 0 saturated carbocycles. The molecule has 4 nitrogen and oxygen atoms in total. The summed E-state index contributed by atoms with van der Waals surface area (Å²) in [5.41, 5.74) is -0.582. The van der Waals surface area contributed by atoms with Crippen molar-refractivity contribution in [2.45, 2.75) is 42.8 Å². The van der Waals surface area contributed by atoms with E-state index in [2.05, 4.69) is 0 Å². The van der Waals surface area contributed by atoms with E-state index in [-0.39, 0.29) is 12.2 Å². The van der Waals surface area contributed by atoms with Gasteiger partial charge in [0.15, 0.2) is 0 Å². The number of ether oxygens (including phenoxy) is 1. The maximum atomic E-state index is 11.7. The zero-order valence-electron chi connectivity index (χ0n) is 7.84. The topological polar surface area (TPSA) is 52.6 Å². The maximum absolute atomic E-state index is 11.7. The molecule has 14 heavy (non-hydrogen) atoms. The Morgan fingerprint density at radius 1 is 1.50 bits per heavy atom. The molecule has 0 aromatic heterocycles. The second kappa shape index (κ2) is 2.40. The Bertz CT molecular complexity index is 399. The van der Waals surface area contributed by atoms with Crippen molar-refractivity contribution in [1.82, 2.24) is 0 Å². The summed E-state index contributed by atoms with van der Waals surface area (Å²) in [6, 6.07) is 0. The Morgan fingerprint density at radius 2 is 2.29 bits per heavy atom. The molecule has 4 atom stereocenters. The minimum absolute atomic E-state index is 0.0244. The van der Waals surface area contributed by atoms with E-state index in [1.807, 2.05) is 12.2 Å². The summed E-state index contributed by atoms with van der Waals surface area (Å²) in [6.45, 7) is 1.77. The van der Waals surface area contributed by atoms with Gasteiger partial charge in [0.2, 0.25) is 0 Å². The molecule has 3 aliphatic rings. The van der Waals surface area contributed by atoms with Gasteiger partial charge in [-0.05, 0) is 13.3 Å². The van der Waals surface area contributed by atoms with Crippen LogP contribution in [0, 0.1) is 0 Å². The second-order valence-electron chi connectivity index (χ2n) is 4.30. The third-order valence-electron chi connectivity index (χ3n) is 3.21. The molecule has 0 radical (unpaired) electrons. The average Bonchev–Trinajstić information content (AvgIpc) is 2.57. The van der Waals surface area contributed by atoms with Crippen LogP contribution in [0.5, 0.6) is 0 Å². The summed E-state index contributed by atoms with van der Waals surface area (Å²) in [5, 5.41) is -0.485. The van der Waals surface area contributed by atoms with Crippen molar-refractivity contribution in [1.29, 1.82) is 0 Å². The van der Waals surface area contributed by atoms with Crippen molar-refractivity contribution in [3.63, 3.8) is 0 Å².